The topological polar surface area (TPSA) is 89.9 Å². The number of nitrogen functional groups attached to an aromatic ring is 1. The highest BCUT2D eigenvalue weighted by atomic mass is 35.5. The second-order valence-corrected chi connectivity index (χ2v) is 9.82. The van der Waals surface area contributed by atoms with Crippen LogP contribution in [0.3, 0.4) is 0 Å². The van der Waals surface area contributed by atoms with Crippen molar-refractivity contribution < 1.29 is 9.18 Å². The predicted octanol–water partition coefficient (Wildman–Crippen LogP) is 4.60. The molecule has 0 saturated carbocycles. The number of benzene rings is 2. The van der Waals surface area contributed by atoms with E-state index in [1.165, 1.54) is 24.5 Å². The van der Waals surface area contributed by atoms with Crippen LogP contribution in [0.15, 0.2) is 42.7 Å². The van der Waals surface area contributed by atoms with E-state index in [1.807, 2.05) is 29.8 Å². The summed E-state index contributed by atoms with van der Waals surface area (Å²) < 4.78 is 15.4. The van der Waals surface area contributed by atoms with Gasteiger partial charge in [0.25, 0.3) is 0 Å². The van der Waals surface area contributed by atoms with Gasteiger partial charge in [-0.25, -0.2) is 19.0 Å². The maximum Gasteiger partial charge on any atom is 0.167 e. The third-order valence-corrected chi connectivity index (χ3v) is 7.07. The highest BCUT2D eigenvalue weighted by molar-refractivity contribution is 6.31. The van der Waals surface area contributed by atoms with Crippen LogP contribution in [0.4, 0.5) is 10.2 Å². The van der Waals surface area contributed by atoms with Crippen molar-refractivity contribution in [2.45, 2.75) is 32.2 Å². The van der Waals surface area contributed by atoms with E-state index < -0.39 is 5.82 Å². The number of piperidine rings is 1. The van der Waals surface area contributed by atoms with Gasteiger partial charge in [-0.1, -0.05) is 29.7 Å². The second-order valence-electron chi connectivity index (χ2n) is 9.41. The van der Waals surface area contributed by atoms with Crippen LogP contribution in [0.1, 0.15) is 51.6 Å². The SMILES string of the molecule is Cc1ccc(CC(=O)c2ccc(F)c(Cl)c2)cc1C#Cc1nn(C2CCN(C)CC2)c2ncnc(N)c12. The lowest BCUT2D eigenvalue weighted by Gasteiger charge is -2.29. The lowest BCUT2D eigenvalue weighted by molar-refractivity contribution is 0.0993. The number of Topliss-reactive ketones (excluding diaryl/α,β-unsaturated/α-hetero) is 1. The number of rotatable bonds is 4. The van der Waals surface area contributed by atoms with Crippen molar-refractivity contribution in [2.75, 3.05) is 25.9 Å². The minimum Gasteiger partial charge on any atom is -0.383 e. The Morgan fingerprint density at radius 3 is 2.70 bits per heavy atom. The fraction of sp³-hybridized carbons (Fsp3) is 0.286. The lowest BCUT2D eigenvalue weighted by Crippen LogP contribution is -2.32. The Balaban J connectivity index is 1.45. The second kappa shape index (κ2) is 10.3. The first-order valence-corrected chi connectivity index (χ1v) is 12.4. The molecule has 1 fully saturated rings. The van der Waals surface area contributed by atoms with Crippen molar-refractivity contribution in [1.82, 2.24) is 24.6 Å². The number of anilines is 1. The van der Waals surface area contributed by atoms with Gasteiger partial charge >= 0.3 is 0 Å². The van der Waals surface area contributed by atoms with Crippen LogP contribution in [-0.2, 0) is 6.42 Å². The van der Waals surface area contributed by atoms with E-state index in [-0.39, 0.29) is 23.3 Å². The molecule has 0 amide bonds. The van der Waals surface area contributed by atoms with Crippen LogP contribution in [0.2, 0.25) is 5.02 Å². The maximum atomic E-state index is 13.5. The Hall–Kier alpha value is -3.80. The van der Waals surface area contributed by atoms with E-state index in [2.05, 4.69) is 33.8 Å². The van der Waals surface area contributed by atoms with Crippen LogP contribution < -0.4 is 5.73 Å². The number of hydrogen-bond acceptors (Lipinski definition) is 6. The van der Waals surface area contributed by atoms with Gasteiger partial charge in [0.1, 0.15) is 23.7 Å². The lowest BCUT2D eigenvalue weighted by atomic mass is 9.99. The fourth-order valence-electron chi connectivity index (χ4n) is 4.57. The molecular weight excluding hydrogens is 491 g/mol. The van der Waals surface area contributed by atoms with Gasteiger partial charge in [-0.3, -0.25) is 4.79 Å². The molecule has 2 aromatic heterocycles. The smallest absolute Gasteiger partial charge is 0.167 e. The van der Waals surface area contributed by atoms with Crippen LogP contribution in [0.5, 0.6) is 0 Å². The van der Waals surface area contributed by atoms with E-state index in [4.69, 9.17) is 22.4 Å². The van der Waals surface area contributed by atoms with Gasteiger partial charge in [-0.15, -0.1) is 0 Å². The minimum absolute atomic E-state index is 0.0727. The molecule has 1 aliphatic heterocycles. The molecule has 1 saturated heterocycles. The van der Waals surface area contributed by atoms with Crippen LogP contribution in [0.25, 0.3) is 11.0 Å². The third kappa shape index (κ3) is 5.19. The fourth-order valence-corrected chi connectivity index (χ4v) is 4.75. The number of carbonyl (C=O) groups is 1. The molecule has 0 unspecified atom stereocenters. The standard InChI is InChI=1S/C28H26ClFN6O/c1-17-3-4-18(14-25(37)20-5-7-23(30)22(29)15-20)13-19(17)6-8-24-26-27(31)32-16-33-28(26)36(34-24)21-9-11-35(2)12-10-21/h3-5,7,13,15-16,21H,9-12,14H2,1-2H3,(H2,31,32,33). The summed E-state index contributed by atoms with van der Waals surface area (Å²) >= 11 is 5.84. The zero-order chi connectivity index (χ0) is 26.1. The van der Waals surface area contributed by atoms with E-state index in [0.29, 0.717) is 28.1 Å². The van der Waals surface area contributed by atoms with Crippen LogP contribution in [0, 0.1) is 24.6 Å². The molecule has 2 aromatic carbocycles. The van der Waals surface area contributed by atoms with Gasteiger partial charge in [-0.2, -0.15) is 5.10 Å². The molecule has 188 valence electrons. The third-order valence-electron chi connectivity index (χ3n) is 6.78. The van der Waals surface area contributed by atoms with Crippen molar-refractivity contribution in [3.63, 3.8) is 0 Å². The first-order valence-electron chi connectivity index (χ1n) is 12.1. The number of aryl methyl sites for hydroxylation is 1. The van der Waals surface area contributed by atoms with Gasteiger partial charge in [0.05, 0.1) is 16.5 Å². The molecule has 3 heterocycles. The molecule has 0 radical (unpaired) electrons. The van der Waals surface area contributed by atoms with Gasteiger partial charge in [-0.05, 0) is 81.2 Å². The molecule has 1 aliphatic rings. The van der Waals surface area contributed by atoms with Crippen LogP contribution >= 0.6 is 11.6 Å². The summed E-state index contributed by atoms with van der Waals surface area (Å²) in [4.78, 5) is 23.7. The van der Waals surface area contributed by atoms with Crippen molar-refractivity contribution in [3.8, 4) is 11.8 Å². The first-order chi connectivity index (χ1) is 17.8. The number of nitrogens with zero attached hydrogens (tertiary/aromatic N) is 5. The number of halogens is 2. The summed E-state index contributed by atoms with van der Waals surface area (Å²) in [6.07, 6.45) is 3.54. The number of likely N-dealkylation sites (tertiary alicyclic amines) is 1. The number of carbonyl (C=O) groups excluding carboxylic acids is 1. The summed E-state index contributed by atoms with van der Waals surface area (Å²) in [6.45, 7) is 3.94. The summed E-state index contributed by atoms with van der Waals surface area (Å²) in [6, 6.07) is 9.92. The molecule has 7 nitrogen and oxygen atoms in total. The number of aromatic nitrogens is 4. The van der Waals surface area contributed by atoms with Crippen molar-refractivity contribution in [3.05, 3.63) is 81.5 Å². The van der Waals surface area contributed by atoms with Gasteiger partial charge in [0, 0.05) is 17.5 Å². The molecule has 0 bridgehead atoms. The number of hydrogen-bond donors (Lipinski definition) is 1. The minimum atomic E-state index is -0.553. The summed E-state index contributed by atoms with van der Waals surface area (Å²) in [5.74, 6) is 6.04. The zero-order valence-electron chi connectivity index (χ0n) is 20.6. The summed E-state index contributed by atoms with van der Waals surface area (Å²) in [5, 5.41) is 5.40. The van der Waals surface area contributed by atoms with Crippen molar-refractivity contribution in [1.29, 1.82) is 0 Å². The maximum absolute atomic E-state index is 13.5. The monoisotopic (exact) mass is 516 g/mol. The molecule has 9 heteroatoms. The molecule has 0 spiro atoms. The molecule has 37 heavy (non-hydrogen) atoms. The Morgan fingerprint density at radius 1 is 1.16 bits per heavy atom. The Morgan fingerprint density at radius 2 is 1.95 bits per heavy atom. The molecule has 0 atom stereocenters. The number of nitrogens with two attached hydrogens (primary N) is 1. The molecule has 2 N–H and O–H groups in total. The predicted molar refractivity (Wildman–Crippen MR) is 142 cm³/mol. The van der Waals surface area contributed by atoms with E-state index in [9.17, 15) is 9.18 Å². The quantitative estimate of drug-likeness (QED) is 0.315. The van der Waals surface area contributed by atoms with Gasteiger partial charge in [0.15, 0.2) is 11.4 Å². The summed E-state index contributed by atoms with van der Waals surface area (Å²) in [7, 11) is 2.12. The molecule has 5 rings (SSSR count). The number of fused-ring (bicyclic) bond motifs is 1. The Kier molecular flexibility index (Phi) is 6.92. The Labute approximate surface area is 219 Å². The molecule has 0 aliphatic carbocycles. The molecular formula is C28H26ClFN6O. The number of ketones is 1. The van der Waals surface area contributed by atoms with Crippen LogP contribution in [-0.4, -0.2) is 50.6 Å². The molecule has 4 aromatic rings. The average Bonchev–Trinajstić information content (AvgIpc) is 3.26. The Bertz CT molecular complexity index is 1560. The van der Waals surface area contributed by atoms with E-state index >= 15 is 0 Å². The zero-order valence-corrected chi connectivity index (χ0v) is 21.4. The van der Waals surface area contributed by atoms with Crippen molar-refractivity contribution in [2.24, 2.45) is 0 Å². The van der Waals surface area contributed by atoms with E-state index in [0.717, 1.165) is 42.6 Å². The van der Waals surface area contributed by atoms with E-state index in [1.54, 1.807) is 0 Å². The summed E-state index contributed by atoms with van der Waals surface area (Å²) in [5.41, 5.74) is 10.4. The highest BCUT2D eigenvalue weighted by Crippen LogP contribution is 2.28. The average molecular weight is 517 g/mol. The van der Waals surface area contributed by atoms with Gasteiger partial charge in [0.2, 0.25) is 0 Å². The first kappa shape index (κ1) is 24.9. The van der Waals surface area contributed by atoms with Gasteiger partial charge < -0.3 is 10.6 Å². The largest absolute Gasteiger partial charge is 0.383 e. The van der Waals surface area contributed by atoms with Crippen molar-refractivity contribution >= 4 is 34.2 Å². The highest BCUT2D eigenvalue weighted by Gasteiger charge is 2.24. The normalized spacial score (nSPS) is 14.5.